The zero-order chi connectivity index (χ0) is 24.2. The Morgan fingerprint density at radius 1 is 1.06 bits per heavy atom. The topological polar surface area (TPSA) is 75.7 Å². The lowest BCUT2D eigenvalue weighted by molar-refractivity contribution is -0.137. The molecule has 0 saturated carbocycles. The van der Waals surface area contributed by atoms with Crippen molar-refractivity contribution in [1.29, 1.82) is 0 Å². The molecular weight excluding hydrogens is 445 g/mol. The lowest BCUT2D eigenvalue weighted by atomic mass is 9.86. The van der Waals surface area contributed by atoms with Gasteiger partial charge < -0.3 is 10.1 Å². The second kappa shape index (κ2) is 9.81. The number of rotatable bonds is 8. The molecule has 0 fully saturated rings. The lowest BCUT2D eigenvalue weighted by Gasteiger charge is -2.23. The van der Waals surface area contributed by atoms with Gasteiger partial charge in [0.15, 0.2) is 0 Å². The molecule has 32 heavy (non-hydrogen) atoms. The summed E-state index contributed by atoms with van der Waals surface area (Å²) in [5.41, 5.74) is -0.386. The molecule has 0 saturated heterocycles. The Hall–Kier alpha value is -2.75. The van der Waals surface area contributed by atoms with Crippen LogP contribution in [0.3, 0.4) is 0 Å². The van der Waals surface area contributed by atoms with E-state index in [1.807, 2.05) is 45.0 Å². The standard InChI is InChI=1S/C22H27F3N2O4S/c1-21(2,3)18-10-5-6-11-19(18)31-13-12-26-20(28)15-27(32(4,29)30)17-9-7-8-16(14-17)22(23,24)25/h5-11,14H,12-13,15H2,1-4H3,(H,26,28). The van der Waals surface area contributed by atoms with Crippen LogP contribution in [0, 0.1) is 0 Å². The van der Waals surface area contributed by atoms with Gasteiger partial charge in [-0.25, -0.2) is 8.42 Å². The highest BCUT2D eigenvalue weighted by Crippen LogP contribution is 2.32. The molecule has 0 atom stereocenters. The Balaban J connectivity index is 2.02. The fourth-order valence-corrected chi connectivity index (χ4v) is 3.84. The molecule has 0 aliphatic heterocycles. The second-order valence-corrected chi connectivity index (χ2v) is 10.2. The highest BCUT2D eigenvalue weighted by molar-refractivity contribution is 7.92. The summed E-state index contributed by atoms with van der Waals surface area (Å²) >= 11 is 0. The number of hydrogen-bond acceptors (Lipinski definition) is 4. The van der Waals surface area contributed by atoms with Crippen molar-refractivity contribution in [2.45, 2.75) is 32.4 Å². The molecule has 0 radical (unpaired) electrons. The Morgan fingerprint density at radius 3 is 2.31 bits per heavy atom. The third kappa shape index (κ3) is 7.15. The number of hydrogen-bond donors (Lipinski definition) is 1. The molecule has 0 heterocycles. The van der Waals surface area contributed by atoms with Gasteiger partial charge in [-0.15, -0.1) is 0 Å². The third-order valence-corrected chi connectivity index (χ3v) is 5.67. The summed E-state index contributed by atoms with van der Waals surface area (Å²) < 4.78 is 69.5. The maximum atomic E-state index is 13.0. The summed E-state index contributed by atoms with van der Waals surface area (Å²) in [5.74, 6) is 0.0107. The van der Waals surface area contributed by atoms with E-state index in [0.717, 1.165) is 24.0 Å². The van der Waals surface area contributed by atoms with Crippen molar-refractivity contribution in [1.82, 2.24) is 5.32 Å². The molecule has 0 bridgehead atoms. The van der Waals surface area contributed by atoms with E-state index in [1.54, 1.807) is 0 Å². The Kier molecular flexibility index (Phi) is 7.82. The number of nitrogens with one attached hydrogen (secondary N) is 1. The molecule has 0 aromatic heterocycles. The summed E-state index contributed by atoms with van der Waals surface area (Å²) in [4.78, 5) is 12.3. The van der Waals surface area contributed by atoms with E-state index < -0.39 is 34.2 Å². The van der Waals surface area contributed by atoms with Gasteiger partial charge in [0.1, 0.15) is 18.9 Å². The quantitative estimate of drug-likeness (QED) is 0.590. The fourth-order valence-electron chi connectivity index (χ4n) is 2.99. The van der Waals surface area contributed by atoms with Gasteiger partial charge in [-0.2, -0.15) is 13.2 Å². The molecule has 176 valence electrons. The lowest BCUT2D eigenvalue weighted by Crippen LogP contribution is -2.41. The molecule has 1 N–H and O–H groups in total. The molecular formula is C22H27F3N2O4S. The molecule has 10 heteroatoms. The largest absolute Gasteiger partial charge is 0.491 e. The molecule has 2 rings (SSSR count). The van der Waals surface area contributed by atoms with E-state index in [2.05, 4.69) is 5.32 Å². The maximum Gasteiger partial charge on any atom is 0.416 e. The van der Waals surface area contributed by atoms with Crippen LogP contribution >= 0.6 is 0 Å². The summed E-state index contributed by atoms with van der Waals surface area (Å²) in [6, 6.07) is 11.3. The first-order chi connectivity index (χ1) is 14.7. The SMILES string of the molecule is CC(C)(C)c1ccccc1OCCNC(=O)CN(c1cccc(C(F)(F)F)c1)S(C)(=O)=O. The number of sulfonamides is 1. The van der Waals surface area contributed by atoms with E-state index >= 15 is 0 Å². The number of carbonyl (C=O) groups excluding carboxylic acids is 1. The minimum absolute atomic E-state index is 0.0947. The predicted octanol–water partition coefficient (Wildman–Crippen LogP) is 3.96. The van der Waals surface area contributed by atoms with Crippen LogP contribution in [0.5, 0.6) is 5.75 Å². The van der Waals surface area contributed by atoms with Crippen molar-refractivity contribution in [3.05, 3.63) is 59.7 Å². The first kappa shape index (κ1) is 25.5. The first-order valence-electron chi connectivity index (χ1n) is 9.83. The van der Waals surface area contributed by atoms with Crippen LogP contribution < -0.4 is 14.4 Å². The van der Waals surface area contributed by atoms with Crippen LogP contribution in [0.2, 0.25) is 0 Å². The van der Waals surface area contributed by atoms with Gasteiger partial charge in [0, 0.05) is 0 Å². The van der Waals surface area contributed by atoms with Crippen LogP contribution in [0.15, 0.2) is 48.5 Å². The van der Waals surface area contributed by atoms with Gasteiger partial charge in [-0.05, 0) is 35.2 Å². The molecule has 2 aromatic rings. The number of carbonyl (C=O) groups is 1. The minimum atomic E-state index is -4.64. The highest BCUT2D eigenvalue weighted by atomic mass is 32.2. The molecule has 0 aliphatic carbocycles. The molecule has 0 aliphatic rings. The van der Waals surface area contributed by atoms with Gasteiger partial charge in [0.25, 0.3) is 0 Å². The van der Waals surface area contributed by atoms with Gasteiger partial charge >= 0.3 is 6.18 Å². The summed E-state index contributed by atoms with van der Waals surface area (Å²) in [6.07, 6.45) is -3.81. The summed E-state index contributed by atoms with van der Waals surface area (Å²) in [6.45, 7) is 5.72. The van der Waals surface area contributed by atoms with Crippen molar-refractivity contribution in [2.75, 3.05) is 30.3 Å². The molecule has 1 amide bonds. The maximum absolute atomic E-state index is 13.0. The smallest absolute Gasteiger partial charge is 0.416 e. The number of alkyl halides is 3. The molecule has 6 nitrogen and oxygen atoms in total. The number of halogens is 3. The van der Waals surface area contributed by atoms with E-state index in [0.29, 0.717) is 16.1 Å². The van der Waals surface area contributed by atoms with E-state index in [1.165, 1.54) is 6.07 Å². The average molecular weight is 473 g/mol. The average Bonchev–Trinajstić information content (AvgIpc) is 2.67. The van der Waals surface area contributed by atoms with Gasteiger partial charge in [-0.3, -0.25) is 9.10 Å². The summed E-state index contributed by atoms with van der Waals surface area (Å²) in [5, 5.41) is 2.54. The normalized spacial score (nSPS) is 12.3. The Morgan fingerprint density at radius 2 is 1.72 bits per heavy atom. The first-order valence-corrected chi connectivity index (χ1v) is 11.7. The zero-order valence-electron chi connectivity index (χ0n) is 18.4. The minimum Gasteiger partial charge on any atom is -0.491 e. The number of para-hydroxylation sites is 1. The number of amides is 1. The predicted molar refractivity (Wildman–Crippen MR) is 117 cm³/mol. The summed E-state index contributed by atoms with van der Waals surface area (Å²) in [7, 11) is -4.00. The van der Waals surface area contributed by atoms with Crippen molar-refractivity contribution < 1.29 is 31.1 Å². The van der Waals surface area contributed by atoms with Gasteiger partial charge in [0.05, 0.1) is 24.1 Å². The van der Waals surface area contributed by atoms with Crippen LogP contribution in [-0.4, -0.2) is 40.3 Å². The van der Waals surface area contributed by atoms with Crippen molar-refractivity contribution in [2.24, 2.45) is 0 Å². The van der Waals surface area contributed by atoms with Crippen molar-refractivity contribution >= 4 is 21.6 Å². The van der Waals surface area contributed by atoms with Crippen molar-refractivity contribution in [3.8, 4) is 5.75 Å². The van der Waals surface area contributed by atoms with Crippen LogP contribution in [0.25, 0.3) is 0 Å². The monoisotopic (exact) mass is 472 g/mol. The third-order valence-electron chi connectivity index (χ3n) is 4.53. The number of ether oxygens (including phenoxy) is 1. The number of benzene rings is 2. The Bertz CT molecular complexity index is 1050. The van der Waals surface area contributed by atoms with Gasteiger partial charge in [-0.1, -0.05) is 45.0 Å². The van der Waals surface area contributed by atoms with Gasteiger partial charge in [0.2, 0.25) is 15.9 Å². The number of anilines is 1. The number of nitrogens with zero attached hydrogens (tertiary/aromatic N) is 1. The fraction of sp³-hybridized carbons (Fsp3) is 0.409. The van der Waals surface area contributed by atoms with Crippen LogP contribution in [0.4, 0.5) is 18.9 Å². The Labute approximate surface area is 186 Å². The molecule has 0 spiro atoms. The highest BCUT2D eigenvalue weighted by Gasteiger charge is 2.32. The second-order valence-electron chi connectivity index (χ2n) is 8.26. The zero-order valence-corrected chi connectivity index (χ0v) is 19.2. The van der Waals surface area contributed by atoms with Crippen LogP contribution in [-0.2, 0) is 26.4 Å². The van der Waals surface area contributed by atoms with E-state index in [4.69, 9.17) is 4.74 Å². The van der Waals surface area contributed by atoms with Crippen molar-refractivity contribution in [3.63, 3.8) is 0 Å². The van der Waals surface area contributed by atoms with Crippen LogP contribution in [0.1, 0.15) is 31.9 Å². The van der Waals surface area contributed by atoms with E-state index in [9.17, 15) is 26.4 Å². The van der Waals surface area contributed by atoms with E-state index in [-0.39, 0.29) is 24.3 Å². The molecule has 0 unspecified atom stereocenters. The molecule has 2 aromatic carbocycles.